The normalized spacial score (nSPS) is 12.9. The number of rotatable bonds is 4. The van der Waals surface area contributed by atoms with E-state index in [1.807, 2.05) is 0 Å². The molecular formula is C13H16O4. The van der Waals surface area contributed by atoms with Gasteiger partial charge in [0.2, 0.25) is 0 Å². The lowest BCUT2D eigenvalue weighted by Gasteiger charge is -2.26. The maximum absolute atomic E-state index is 11.7. The highest BCUT2D eigenvalue weighted by Gasteiger charge is 2.36. The van der Waals surface area contributed by atoms with Crippen LogP contribution in [0.3, 0.4) is 0 Å². The van der Waals surface area contributed by atoms with Crippen molar-refractivity contribution in [1.82, 2.24) is 0 Å². The third-order valence-electron chi connectivity index (χ3n) is 2.86. The summed E-state index contributed by atoms with van der Waals surface area (Å²) in [5.41, 5.74) is -0.690. The van der Waals surface area contributed by atoms with Crippen LogP contribution in [0.5, 0.6) is 0 Å². The monoisotopic (exact) mass is 236 g/mol. The van der Waals surface area contributed by atoms with Crippen molar-refractivity contribution in [3.8, 4) is 0 Å². The molecule has 17 heavy (non-hydrogen) atoms. The average Bonchev–Trinajstić information content (AvgIpc) is 2.29. The van der Waals surface area contributed by atoms with Gasteiger partial charge in [0.15, 0.2) is 0 Å². The van der Waals surface area contributed by atoms with Gasteiger partial charge in [0.25, 0.3) is 0 Å². The summed E-state index contributed by atoms with van der Waals surface area (Å²) in [4.78, 5) is 22.7. The lowest BCUT2D eigenvalue weighted by molar-refractivity contribution is -0.152. The molecular weight excluding hydrogens is 220 g/mol. The van der Waals surface area contributed by atoms with Crippen molar-refractivity contribution in [3.63, 3.8) is 0 Å². The first kappa shape index (κ1) is 13.2. The zero-order valence-corrected chi connectivity index (χ0v) is 10.1. The number of esters is 1. The van der Waals surface area contributed by atoms with Crippen LogP contribution >= 0.6 is 0 Å². The molecule has 0 fully saturated rings. The SMILES string of the molecule is CC(OC(=O)c1ccccc1)C(C)(C)C(=O)O. The molecule has 1 unspecified atom stereocenters. The van der Waals surface area contributed by atoms with Gasteiger partial charge in [-0.3, -0.25) is 4.79 Å². The van der Waals surface area contributed by atoms with Gasteiger partial charge < -0.3 is 9.84 Å². The second kappa shape index (κ2) is 4.99. The summed E-state index contributed by atoms with van der Waals surface area (Å²) in [7, 11) is 0. The topological polar surface area (TPSA) is 63.6 Å². The van der Waals surface area contributed by atoms with Crippen LogP contribution in [0.25, 0.3) is 0 Å². The molecule has 1 N–H and O–H groups in total. The van der Waals surface area contributed by atoms with E-state index in [1.54, 1.807) is 37.3 Å². The van der Waals surface area contributed by atoms with Crippen LogP contribution < -0.4 is 0 Å². The minimum Gasteiger partial charge on any atom is -0.481 e. The first-order valence-electron chi connectivity index (χ1n) is 5.35. The highest BCUT2D eigenvalue weighted by molar-refractivity contribution is 5.89. The molecule has 0 aliphatic heterocycles. The number of aliphatic carboxylic acids is 1. The van der Waals surface area contributed by atoms with E-state index in [4.69, 9.17) is 9.84 Å². The third-order valence-corrected chi connectivity index (χ3v) is 2.86. The van der Waals surface area contributed by atoms with E-state index < -0.39 is 23.5 Å². The molecule has 0 bridgehead atoms. The molecule has 4 heteroatoms. The van der Waals surface area contributed by atoms with Crippen LogP contribution in [0.15, 0.2) is 30.3 Å². The molecule has 0 radical (unpaired) electrons. The fourth-order valence-electron chi connectivity index (χ4n) is 1.12. The lowest BCUT2D eigenvalue weighted by atomic mass is 9.87. The van der Waals surface area contributed by atoms with Crippen molar-refractivity contribution in [1.29, 1.82) is 0 Å². The van der Waals surface area contributed by atoms with Crippen LogP contribution in [0.2, 0.25) is 0 Å². The molecule has 4 nitrogen and oxygen atoms in total. The smallest absolute Gasteiger partial charge is 0.338 e. The summed E-state index contributed by atoms with van der Waals surface area (Å²) in [6.45, 7) is 4.63. The van der Waals surface area contributed by atoms with Crippen molar-refractivity contribution >= 4 is 11.9 Å². The highest BCUT2D eigenvalue weighted by atomic mass is 16.5. The predicted molar refractivity (Wildman–Crippen MR) is 62.7 cm³/mol. The quantitative estimate of drug-likeness (QED) is 0.815. The fourth-order valence-corrected chi connectivity index (χ4v) is 1.12. The second-order valence-corrected chi connectivity index (χ2v) is 4.44. The zero-order chi connectivity index (χ0) is 13.1. The first-order valence-corrected chi connectivity index (χ1v) is 5.35. The van der Waals surface area contributed by atoms with Gasteiger partial charge in [-0.1, -0.05) is 18.2 Å². The Hall–Kier alpha value is -1.84. The van der Waals surface area contributed by atoms with Gasteiger partial charge in [-0.05, 0) is 32.9 Å². The molecule has 0 aliphatic carbocycles. The summed E-state index contributed by atoms with van der Waals surface area (Å²) >= 11 is 0. The molecule has 0 amide bonds. The van der Waals surface area contributed by atoms with E-state index in [0.29, 0.717) is 5.56 Å². The Kier molecular flexibility index (Phi) is 3.89. The predicted octanol–water partition coefficient (Wildman–Crippen LogP) is 2.34. The molecule has 92 valence electrons. The molecule has 0 aliphatic rings. The van der Waals surface area contributed by atoms with Gasteiger partial charge >= 0.3 is 11.9 Å². The average molecular weight is 236 g/mol. The Bertz CT molecular complexity index is 409. The standard InChI is InChI=1S/C13H16O4/c1-9(13(2,3)12(15)16)17-11(14)10-7-5-4-6-8-10/h4-9H,1-3H3,(H,15,16). The van der Waals surface area contributed by atoms with Crippen molar-refractivity contribution in [3.05, 3.63) is 35.9 Å². The van der Waals surface area contributed by atoms with Crippen LogP contribution in [0.4, 0.5) is 0 Å². The van der Waals surface area contributed by atoms with Gasteiger partial charge in [-0.15, -0.1) is 0 Å². The Morgan fingerprint density at radius 2 is 1.76 bits per heavy atom. The first-order chi connectivity index (χ1) is 7.85. The van der Waals surface area contributed by atoms with Crippen LogP contribution in [-0.4, -0.2) is 23.1 Å². The lowest BCUT2D eigenvalue weighted by Crippen LogP contribution is -2.38. The number of carbonyl (C=O) groups is 2. The summed E-state index contributed by atoms with van der Waals surface area (Å²) in [6.07, 6.45) is -0.701. The summed E-state index contributed by atoms with van der Waals surface area (Å²) < 4.78 is 5.14. The van der Waals surface area contributed by atoms with Gasteiger partial charge in [0, 0.05) is 0 Å². The van der Waals surface area contributed by atoms with Gasteiger partial charge in [-0.25, -0.2) is 4.79 Å². The fraction of sp³-hybridized carbons (Fsp3) is 0.385. The van der Waals surface area contributed by atoms with Crippen molar-refractivity contribution in [2.75, 3.05) is 0 Å². The Labute approximate surface area is 100 Å². The van der Waals surface area contributed by atoms with Crippen LogP contribution in [0, 0.1) is 5.41 Å². The van der Waals surface area contributed by atoms with Crippen molar-refractivity contribution in [2.24, 2.45) is 5.41 Å². The van der Waals surface area contributed by atoms with E-state index in [-0.39, 0.29) is 0 Å². The van der Waals surface area contributed by atoms with Crippen LogP contribution in [0.1, 0.15) is 31.1 Å². The minimum absolute atomic E-state index is 0.417. The summed E-state index contributed by atoms with van der Waals surface area (Å²) in [5.74, 6) is -1.50. The maximum Gasteiger partial charge on any atom is 0.338 e. The number of hydrogen-bond donors (Lipinski definition) is 1. The molecule has 0 heterocycles. The molecule has 0 saturated heterocycles. The molecule has 0 spiro atoms. The number of hydrogen-bond acceptors (Lipinski definition) is 3. The maximum atomic E-state index is 11.7. The molecule has 1 rings (SSSR count). The van der Waals surface area contributed by atoms with E-state index in [0.717, 1.165) is 0 Å². The number of benzene rings is 1. The molecule has 1 atom stereocenters. The minimum atomic E-state index is -1.11. The number of ether oxygens (including phenoxy) is 1. The second-order valence-electron chi connectivity index (χ2n) is 4.44. The molecule has 0 aromatic heterocycles. The number of carboxylic acids is 1. The molecule has 1 aromatic carbocycles. The van der Waals surface area contributed by atoms with Crippen molar-refractivity contribution < 1.29 is 19.4 Å². The largest absolute Gasteiger partial charge is 0.481 e. The zero-order valence-electron chi connectivity index (χ0n) is 10.1. The molecule has 0 saturated carbocycles. The van der Waals surface area contributed by atoms with E-state index >= 15 is 0 Å². The van der Waals surface area contributed by atoms with E-state index in [1.165, 1.54) is 13.8 Å². The van der Waals surface area contributed by atoms with Gasteiger partial charge in [0.05, 0.1) is 11.0 Å². The highest BCUT2D eigenvalue weighted by Crippen LogP contribution is 2.24. The Morgan fingerprint density at radius 3 is 2.24 bits per heavy atom. The number of carbonyl (C=O) groups excluding carboxylic acids is 1. The van der Waals surface area contributed by atoms with Crippen molar-refractivity contribution in [2.45, 2.75) is 26.9 Å². The summed E-state index contributed by atoms with van der Waals surface area (Å²) in [6, 6.07) is 8.50. The third kappa shape index (κ3) is 3.06. The molecule has 1 aromatic rings. The summed E-state index contributed by atoms with van der Waals surface area (Å²) in [5, 5.41) is 9.00. The van der Waals surface area contributed by atoms with Gasteiger partial charge in [0.1, 0.15) is 6.10 Å². The Morgan fingerprint density at radius 1 is 1.24 bits per heavy atom. The van der Waals surface area contributed by atoms with Crippen LogP contribution in [-0.2, 0) is 9.53 Å². The number of carboxylic acid groups (broad SMARTS) is 1. The van der Waals surface area contributed by atoms with E-state index in [9.17, 15) is 9.59 Å². The van der Waals surface area contributed by atoms with E-state index in [2.05, 4.69) is 0 Å². The van der Waals surface area contributed by atoms with Gasteiger partial charge in [-0.2, -0.15) is 0 Å². The Balaban J connectivity index is 2.74.